The number of carbonyl (C=O) groups is 1. The zero-order chi connectivity index (χ0) is 14.5. The topological polar surface area (TPSA) is 79.5 Å². The first-order valence-electron chi connectivity index (χ1n) is 6.43. The van der Waals surface area contributed by atoms with Gasteiger partial charge in [0.2, 0.25) is 11.7 Å². The lowest BCUT2D eigenvalue weighted by atomic mass is 10.1. The minimum absolute atomic E-state index is 0.0431. The second kappa shape index (κ2) is 6.29. The summed E-state index contributed by atoms with van der Waals surface area (Å²) in [6.45, 7) is 4.77. The SMILES string of the molecule is CCN(CC(=O)O)Cc1nc(-c2ccccc2C)no1. The van der Waals surface area contributed by atoms with Crippen LogP contribution >= 0.6 is 0 Å². The molecular weight excluding hydrogens is 258 g/mol. The molecule has 2 rings (SSSR count). The van der Waals surface area contributed by atoms with Crippen LogP contribution in [0.3, 0.4) is 0 Å². The van der Waals surface area contributed by atoms with Crippen LogP contribution in [0, 0.1) is 6.92 Å². The van der Waals surface area contributed by atoms with E-state index in [-0.39, 0.29) is 6.54 Å². The maximum absolute atomic E-state index is 10.7. The molecule has 0 radical (unpaired) electrons. The van der Waals surface area contributed by atoms with E-state index in [0.717, 1.165) is 11.1 Å². The molecule has 0 saturated heterocycles. The number of carboxylic acid groups (broad SMARTS) is 1. The van der Waals surface area contributed by atoms with E-state index in [1.54, 1.807) is 4.90 Å². The summed E-state index contributed by atoms with van der Waals surface area (Å²) < 4.78 is 5.19. The molecule has 0 spiro atoms. The number of hydrogen-bond acceptors (Lipinski definition) is 5. The van der Waals surface area contributed by atoms with Crippen molar-refractivity contribution in [1.82, 2.24) is 15.0 Å². The van der Waals surface area contributed by atoms with E-state index in [9.17, 15) is 4.79 Å². The van der Waals surface area contributed by atoms with Gasteiger partial charge >= 0.3 is 5.97 Å². The molecule has 1 aromatic heterocycles. The normalized spacial score (nSPS) is 10.9. The van der Waals surface area contributed by atoms with Crippen LogP contribution < -0.4 is 0 Å². The van der Waals surface area contributed by atoms with Crippen LogP contribution in [0.25, 0.3) is 11.4 Å². The Balaban J connectivity index is 2.13. The van der Waals surface area contributed by atoms with Crippen molar-refractivity contribution >= 4 is 5.97 Å². The lowest BCUT2D eigenvalue weighted by Gasteiger charge is -2.14. The third-order valence-corrected chi connectivity index (χ3v) is 3.02. The van der Waals surface area contributed by atoms with Crippen molar-refractivity contribution in [1.29, 1.82) is 0 Å². The molecule has 0 aliphatic carbocycles. The van der Waals surface area contributed by atoms with Crippen LogP contribution in [0.4, 0.5) is 0 Å². The molecule has 0 bridgehead atoms. The summed E-state index contributed by atoms with van der Waals surface area (Å²) >= 11 is 0. The van der Waals surface area contributed by atoms with E-state index in [1.165, 1.54) is 0 Å². The van der Waals surface area contributed by atoms with Crippen molar-refractivity contribution in [2.24, 2.45) is 0 Å². The van der Waals surface area contributed by atoms with Gasteiger partial charge in [-0.05, 0) is 19.0 Å². The van der Waals surface area contributed by atoms with Crippen LogP contribution in [-0.4, -0.2) is 39.2 Å². The summed E-state index contributed by atoms with van der Waals surface area (Å²) in [7, 11) is 0. The van der Waals surface area contributed by atoms with Gasteiger partial charge in [-0.15, -0.1) is 0 Å². The van der Waals surface area contributed by atoms with Crippen LogP contribution in [0.1, 0.15) is 18.4 Å². The van der Waals surface area contributed by atoms with Gasteiger partial charge in [-0.25, -0.2) is 0 Å². The fourth-order valence-corrected chi connectivity index (χ4v) is 1.91. The molecule has 20 heavy (non-hydrogen) atoms. The Morgan fingerprint density at radius 1 is 1.40 bits per heavy atom. The number of aryl methyl sites for hydroxylation is 1. The van der Waals surface area contributed by atoms with Crippen molar-refractivity contribution in [2.45, 2.75) is 20.4 Å². The summed E-state index contributed by atoms with van der Waals surface area (Å²) in [6, 6.07) is 7.78. The van der Waals surface area contributed by atoms with Crippen LogP contribution in [0.15, 0.2) is 28.8 Å². The molecule has 1 N–H and O–H groups in total. The monoisotopic (exact) mass is 275 g/mol. The smallest absolute Gasteiger partial charge is 0.317 e. The van der Waals surface area contributed by atoms with Crippen LogP contribution in [0.5, 0.6) is 0 Å². The van der Waals surface area contributed by atoms with E-state index < -0.39 is 5.97 Å². The second-order valence-corrected chi connectivity index (χ2v) is 4.52. The predicted octanol–water partition coefficient (Wildman–Crippen LogP) is 1.95. The van der Waals surface area contributed by atoms with Gasteiger partial charge in [0.05, 0.1) is 13.1 Å². The molecule has 1 aromatic carbocycles. The summed E-state index contributed by atoms with van der Waals surface area (Å²) in [5, 5.41) is 12.8. The highest BCUT2D eigenvalue weighted by molar-refractivity contribution is 5.69. The second-order valence-electron chi connectivity index (χ2n) is 4.52. The summed E-state index contributed by atoms with van der Waals surface area (Å²) in [6.07, 6.45) is 0. The highest BCUT2D eigenvalue weighted by atomic mass is 16.5. The van der Waals surface area contributed by atoms with Gasteiger partial charge < -0.3 is 9.63 Å². The Kier molecular flexibility index (Phi) is 4.47. The van der Waals surface area contributed by atoms with Gasteiger partial charge in [-0.3, -0.25) is 9.69 Å². The third kappa shape index (κ3) is 3.42. The average Bonchev–Trinajstić information content (AvgIpc) is 2.86. The molecule has 106 valence electrons. The Hall–Kier alpha value is -2.21. The number of benzene rings is 1. The van der Waals surface area contributed by atoms with E-state index in [4.69, 9.17) is 9.63 Å². The third-order valence-electron chi connectivity index (χ3n) is 3.02. The lowest BCUT2D eigenvalue weighted by Crippen LogP contribution is -2.29. The Morgan fingerprint density at radius 3 is 2.80 bits per heavy atom. The summed E-state index contributed by atoms with van der Waals surface area (Å²) in [4.78, 5) is 16.8. The molecule has 6 heteroatoms. The minimum Gasteiger partial charge on any atom is -0.480 e. The molecule has 0 amide bonds. The standard InChI is InChI=1S/C14H17N3O3/c1-3-17(9-13(18)19)8-12-15-14(16-20-12)11-7-5-4-6-10(11)2/h4-7H,3,8-9H2,1-2H3,(H,18,19). The maximum atomic E-state index is 10.7. The fourth-order valence-electron chi connectivity index (χ4n) is 1.91. The number of aliphatic carboxylic acids is 1. The zero-order valence-corrected chi connectivity index (χ0v) is 11.5. The summed E-state index contributed by atoms with van der Waals surface area (Å²) in [5.41, 5.74) is 1.99. The van der Waals surface area contributed by atoms with Gasteiger partial charge in [0, 0.05) is 5.56 Å². The van der Waals surface area contributed by atoms with Gasteiger partial charge in [0.1, 0.15) is 0 Å². The highest BCUT2D eigenvalue weighted by Crippen LogP contribution is 2.20. The number of nitrogens with zero attached hydrogens (tertiary/aromatic N) is 3. The molecule has 0 atom stereocenters. The Bertz CT molecular complexity index is 595. The van der Waals surface area contributed by atoms with Gasteiger partial charge in [0.25, 0.3) is 0 Å². The quantitative estimate of drug-likeness (QED) is 0.868. The Labute approximate surface area is 117 Å². The lowest BCUT2D eigenvalue weighted by molar-refractivity contribution is -0.138. The molecule has 0 aliphatic rings. The summed E-state index contributed by atoms with van der Waals surface area (Å²) in [5.74, 6) is 0.0846. The first-order valence-corrected chi connectivity index (χ1v) is 6.43. The Morgan fingerprint density at radius 2 is 2.15 bits per heavy atom. The molecule has 6 nitrogen and oxygen atoms in total. The first-order chi connectivity index (χ1) is 9.60. The number of aromatic nitrogens is 2. The number of likely N-dealkylation sites (N-methyl/N-ethyl adjacent to an activating group) is 1. The van der Waals surface area contributed by atoms with Gasteiger partial charge in [-0.1, -0.05) is 36.3 Å². The van der Waals surface area contributed by atoms with Crippen molar-refractivity contribution in [3.05, 3.63) is 35.7 Å². The van der Waals surface area contributed by atoms with E-state index >= 15 is 0 Å². The van der Waals surface area contributed by atoms with Crippen molar-refractivity contribution < 1.29 is 14.4 Å². The van der Waals surface area contributed by atoms with Crippen molar-refractivity contribution in [3.63, 3.8) is 0 Å². The van der Waals surface area contributed by atoms with E-state index in [2.05, 4.69) is 10.1 Å². The molecule has 0 saturated carbocycles. The highest BCUT2D eigenvalue weighted by Gasteiger charge is 2.14. The van der Waals surface area contributed by atoms with Gasteiger partial charge in [-0.2, -0.15) is 4.98 Å². The maximum Gasteiger partial charge on any atom is 0.317 e. The molecule has 0 unspecified atom stereocenters. The van der Waals surface area contributed by atoms with E-state index in [0.29, 0.717) is 24.8 Å². The van der Waals surface area contributed by atoms with Crippen LogP contribution in [0.2, 0.25) is 0 Å². The largest absolute Gasteiger partial charge is 0.480 e. The fraction of sp³-hybridized carbons (Fsp3) is 0.357. The van der Waals surface area contributed by atoms with Gasteiger partial charge in [0.15, 0.2) is 0 Å². The number of carboxylic acids is 1. The number of hydrogen-bond donors (Lipinski definition) is 1. The minimum atomic E-state index is -0.870. The molecule has 0 fully saturated rings. The zero-order valence-electron chi connectivity index (χ0n) is 11.5. The first kappa shape index (κ1) is 14.2. The molecule has 1 heterocycles. The number of rotatable bonds is 6. The molecular formula is C14H17N3O3. The van der Waals surface area contributed by atoms with Crippen molar-refractivity contribution in [2.75, 3.05) is 13.1 Å². The predicted molar refractivity (Wildman–Crippen MR) is 73.1 cm³/mol. The van der Waals surface area contributed by atoms with E-state index in [1.807, 2.05) is 38.1 Å². The molecule has 2 aromatic rings. The van der Waals surface area contributed by atoms with Crippen LogP contribution in [-0.2, 0) is 11.3 Å². The van der Waals surface area contributed by atoms with Crippen molar-refractivity contribution in [3.8, 4) is 11.4 Å². The average molecular weight is 275 g/mol. The molecule has 0 aliphatic heterocycles.